The number of halogens is 1. The van der Waals surface area contributed by atoms with Gasteiger partial charge in [-0.1, -0.05) is 69.6 Å². The van der Waals surface area contributed by atoms with Crippen molar-refractivity contribution >= 4 is 15.9 Å². The van der Waals surface area contributed by atoms with Crippen molar-refractivity contribution in [3.63, 3.8) is 0 Å². The van der Waals surface area contributed by atoms with E-state index in [1.165, 1.54) is 11.1 Å². The van der Waals surface area contributed by atoms with Crippen molar-refractivity contribution in [3.05, 3.63) is 29.3 Å². The largest absolute Gasteiger partial charge is 0.492 e. The fraction of sp³-hybridized carbons (Fsp3) is 0.667. The lowest BCUT2D eigenvalue weighted by Crippen LogP contribution is -2.21. The molecule has 0 aliphatic rings. The van der Waals surface area contributed by atoms with E-state index in [1.54, 1.807) is 0 Å². The van der Waals surface area contributed by atoms with Crippen molar-refractivity contribution in [3.8, 4) is 5.75 Å². The average molecular weight is 341 g/mol. The summed E-state index contributed by atoms with van der Waals surface area (Å²) < 4.78 is 5.93. The van der Waals surface area contributed by atoms with Gasteiger partial charge in [-0.25, -0.2) is 0 Å². The first-order valence-corrected chi connectivity index (χ1v) is 8.74. The van der Waals surface area contributed by atoms with Gasteiger partial charge in [-0.15, -0.1) is 0 Å². The van der Waals surface area contributed by atoms with Crippen LogP contribution >= 0.6 is 15.9 Å². The molecule has 114 valence electrons. The Morgan fingerprint density at radius 3 is 2.10 bits per heavy atom. The molecule has 0 saturated carbocycles. The van der Waals surface area contributed by atoms with E-state index < -0.39 is 0 Å². The Kier molecular flexibility index (Phi) is 6.12. The minimum atomic E-state index is 0.140. The normalized spacial score (nSPS) is 12.6. The number of alkyl halides is 1. The van der Waals surface area contributed by atoms with Crippen molar-refractivity contribution in [2.75, 3.05) is 11.9 Å². The molecule has 0 amide bonds. The number of benzene rings is 1. The smallest absolute Gasteiger partial charge is 0.123 e. The predicted octanol–water partition coefficient (Wildman–Crippen LogP) is 5.84. The summed E-state index contributed by atoms with van der Waals surface area (Å²) in [6.07, 6.45) is 2.24. The molecule has 0 aromatic heterocycles. The van der Waals surface area contributed by atoms with Gasteiger partial charge < -0.3 is 4.74 Å². The summed E-state index contributed by atoms with van der Waals surface area (Å²) in [5.74, 6) is 1.03. The highest BCUT2D eigenvalue weighted by Gasteiger charge is 2.26. The Balaban J connectivity index is 3.29. The molecule has 0 saturated heterocycles. The van der Waals surface area contributed by atoms with Gasteiger partial charge in [0.15, 0.2) is 0 Å². The molecule has 0 bridgehead atoms. The lowest BCUT2D eigenvalue weighted by atomic mass is 9.76. The SMILES string of the molecule is CCC(C)(C)c1ccc(OCCBr)c(C(C)(C)CC)c1. The maximum atomic E-state index is 5.93. The molecule has 0 aliphatic heterocycles. The summed E-state index contributed by atoms with van der Waals surface area (Å²) in [6.45, 7) is 14.4. The third kappa shape index (κ3) is 4.00. The molecule has 2 heteroatoms. The molecule has 0 fully saturated rings. The lowest BCUT2D eigenvalue weighted by molar-refractivity contribution is 0.330. The number of rotatable bonds is 7. The zero-order valence-corrected chi connectivity index (χ0v) is 15.4. The topological polar surface area (TPSA) is 9.23 Å². The van der Waals surface area contributed by atoms with Crippen molar-refractivity contribution < 1.29 is 4.74 Å². The van der Waals surface area contributed by atoms with Crippen LogP contribution in [0.25, 0.3) is 0 Å². The summed E-state index contributed by atoms with van der Waals surface area (Å²) in [4.78, 5) is 0. The average Bonchev–Trinajstić information content (AvgIpc) is 2.44. The summed E-state index contributed by atoms with van der Waals surface area (Å²) in [5, 5.41) is 0.862. The van der Waals surface area contributed by atoms with Gasteiger partial charge in [0.2, 0.25) is 0 Å². The van der Waals surface area contributed by atoms with Crippen LogP contribution in [0.15, 0.2) is 18.2 Å². The standard InChI is InChI=1S/C18H29BrO/c1-7-17(3,4)14-9-10-16(20-12-11-19)15(13-14)18(5,6)8-2/h9-10,13H,7-8,11-12H2,1-6H3. The minimum absolute atomic E-state index is 0.140. The molecule has 20 heavy (non-hydrogen) atoms. The molecule has 0 spiro atoms. The van der Waals surface area contributed by atoms with Crippen LogP contribution in [0, 0.1) is 0 Å². The molecule has 1 rings (SSSR count). The van der Waals surface area contributed by atoms with E-state index in [0.717, 1.165) is 23.9 Å². The Labute approximate surface area is 133 Å². The van der Waals surface area contributed by atoms with E-state index in [9.17, 15) is 0 Å². The van der Waals surface area contributed by atoms with Crippen LogP contribution in [-0.4, -0.2) is 11.9 Å². The van der Waals surface area contributed by atoms with E-state index in [1.807, 2.05) is 0 Å². The molecule has 1 nitrogen and oxygen atoms in total. The zero-order valence-electron chi connectivity index (χ0n) is 13.8. The zero-order chi connectivity index (χ0) is 15.4. The van der Waals surface area contributed by atoms with Crippen LogP contribution < -0.4 is 4.74 Å². The van der Waals surface area contributed by atoms with Crippen molar-refractivity contribution in [2.24, 2.45) is 0 Å². The fourth-order valence-corrected chi connectivity index (χ4v) is 2.31. The van der Waals surface area contributed by atoms with Crippen LogP contribution in [0.5, 0.6) is 5.75 Å². The second-order valence-corrected chi connectivity index (χ2v) is 7.52. The highest BCUT2D eigenvalue weighted by Crippen LogP contribution is 2.38. The molecule has 0 atom stereocenters. The predicted molar refractivity (Wildman–Crippen MR) is 92.4 cm³/mol. The lowest BCUT2D eigenvalue weighted by Gasteiger charge is -2.30. The highest BCUT2D eigenvalue weighted by atomic mass is 79.9. The molecule has 1 aromatic rings. The monoisotopic (exact) mass is 340 g/mol. The van der Waals surface area contributed by atoms with Gasteiger partial charge >= 0.3 is 0 Å². The Morgan fingerprint density at radius 2 is 1.60 bits per heavy atom. The van der Waals surface area contributed by atoms with Crippen LogP contribution in [0.3, 0.4) is 0 Å². The summed E-state index contributed by atoms with van der Waals surface area (Å²) in [7, 11) is 0. The first kappa shape index (κ1) is 17.6. The maximum absolute atomic E-state index is 5.93. The van der Waals surface area contributed by atoms with Crippen molar-refractivity contribution in [1.82, 2.24) is 0 Å². The van der Waals surface area contributed by atoms with Gasteiger partial charge in [0.05, 0.1) is 6.61 Å². The van der Waals surface area contributed by atoms with Gasteiger partial charge in [0, 0.05) is 10.9 Å². The first-order chi connectivity index (χ1) is 9.28. The first-order valence-electron chi connectivity index (χ1n) is 7.62. The van der Waals surface area contributed by atoms with Crippen molar-refractivity contribution in [2.45, 2.75) is 65.2 Å². The van der Waals surface area contributed by atoms with Gasteiger partial charge in [-0.3, -0.25) is 0 Å². The van der Waals surface area contributed by atoms with Crippen LogP contribution in [0.2, 0.25) is 0 Å². The summed E-state index contributed by atoms with van der Waals surface area (Å²) in [6, 6.07) is 6.74. The van der Waals surface area contributed by atoms with Gasteiger partial charge in [-0.05, 0) is 35.3 Å². The molecule has 0 unspecified atom stereocenters. The molecule has 0 aliphatic carbocycles. The van der Waals surface area contributed by atoms with Gasteiger partial charge in [0.1, 0.15) is 5.75 Å². The second-order valence-electron chi connectivity index (χ2n) is 6.72. The summed E-state index contributed by atoms with van der Waals surface area (Å²) in [5.41, 5.74) is 3.09. The quantitative estimate of drug-likeness (QED) is 0.567. The molecule has 0 heterocycles. The fourth-order valence-electron chi connectivity index (χ4n) is 2.15. The maximum Gasteiger partial charge on any atom is 0.123 e. The van der Waals surface area contributed by atoms with E-state index >= 15 is 0 Å². The number of hydrogen-bond donors (Lipinski definition) is 0. The van der Waals surface area contributed by atoms with E-state index in [4.69, 9.17) is 4.74 Å². The Hall–Kier alpha value is -0.500. The Bertz CT molecular complexity index is 435. The Morgan fingerprint density at radius 1 is 1.00 bits per heavy atom. The summed E-state index contributed by atoms with van der Waals surface area (Å²) >= 11 is 3.43. The number of ether oxygens (including phenoxy) is 1. The van der Waals surface area contributed by atoms with Crippen LogP contribution in [-0.2, 0) is 10.8 Å². The van der Waals surface area contributed by atoms with Gasteiger partial charge in [0.25, 0.3) is 0 Å². The van der Waals surface area contributed by atoms with E-state index in [2.05, 4.69) is 75.7 Å². The molecule has 0 radical (unpaired) electrons. The number of hydrogen-bond acceptors (Lipinski definition) is 1. The highest BCUT2D eigenvalue weighted by molar-refractivity contribution is 9.09. The molecule has 0 N–H and O–H groups in total. The third-order valence-corrected chi connectivity index (χ3v) is 4.92. The minimum Gasteiger partial charge on any atom is -0.492 e. The van der Waals surface area contributed by atoms with Crippen molar-refractivity contribution in [1.29, 1.82) is 0 Å². The molecular formula is C18H29BrO. The molecular weight excluding hydrogens is 312 g/mol. The van der Waals surface area contributed by atoms with E-state index in [-0.39, 0.29) is 10.8 Å². The third-order valence-electron chi connectivity index (χ3n) is 4.59. The van der Waals surface area contributed by atoms with Crippen LogP contribution in [0.4, 0.5) is 0 Å². The second kappa shape index (κ2) is 6.98. The molecule has 1 aromatic carbocycles. The van der Waals surface area contributed by atoms with Crippen LogP contribution in [0.1, 0.15) is 65.5 Å². The van der Waals surface area contributed by atoms with Gasteiger partial charge in [-0.2, -0.15) is 0 Å². The van der Waals surface area contributed by atoms with E-state index in [0.29, 0.717) is 6.61 Å².